The van der Waals surface area contributed by atoms with Crippen LogP contribution in [-0.2, 0) is 17.9 Å². The molecule has 0 saturated heterocycles. The zero-order valence-electron chi connectivity index (χ0n) is 10.6. The summed E-state index contributed by atoms with van der Waals surface area (Å²) in [5, 5.41) is 3.21. The Balaban J connectivity index is 2.03. The summed E-state index contributed by atoms with van der Waals surface area (Å²) in [6.07, 6.45) is 0. The molecule has 0 unspecified atom stereocenters. The molecule has 0 heterocycles. The van der Waals surface area contributed by atoms with E-state index >= 15 is 0 Å². The SMILES string of the molecule is COCc1cccc(NCc2ccc(Br)cc2F)c1. The molecule has 1 N–H and O–H groups in total. The second-order valence-corrected chi connectivity index (χ2v) is 5.14. The van der Waals surface area contributed by atoms with Crippen LogP contribution in [0.1, 0.15) is 11.1 Å². The van der Waals surface area contributed by atoms with E-state index in [-0.39, 0.29) is 5.82 Å². The van der Waals surface area contributed by atoms with Crippen LogP contribution < -0.4 is 5.32 Å². The van der Waals surface area contributed by atoms with E-state index in [4.69, 9.17) is 4.74 Å². The van der Waals surface area contributed by atoms with Crippen LogP contribution >= 0.6 is 15.9 Å². The summed E-state index contributed by atoms with van der Waals surface area (Å²) in [5.41, 5.74) is 2.68. The van der Waals surface area contributed by atoms with Gasteiger partial charge in [0.15, 0.2) is 0 Å². The lowest BCUT2D eigenvalue weighted by Crippen LogP contribution is -2.02. The maximum Gasteiger partial charge on any atom is 0.129 e. The van der Waals surface area contributed by atoms with E-state index < -0.39 is 0 Å². The van der Waals surface area contributed by atoms with Gasteiger partial charge in [-0.15, -0.1) is 0 Å². The first kappa shape index (κ1) is 14.0. The number of hydrogen-bond donors (Lipinski definition) is 1. The molecule has 0 aliphatic rings. The predicted molar refractivity (Wildman–Crippen MR) is 78.6 cm³/mol. The first-order valence-corrected chi connectivity index (χ1v) is 6.74. The molecule has 2 aromatic rings. The van der Waals surface area contributed by atoms with E-state index in [0.717, 1.165) is 15.7 Å². The fourth-order valence-electron chi connectivity index (χ4n) is 1.80. The van der Waals surface area contributed by atoms with Gasteiger partial charge in [0.1, 0.15) is 5.82 Å². The van der Waals surface area contributed by atoms with Gasteiger partial charge in [-0.25, -0.2) is 4.39 Å². The van der Waals surface area contributed by atoms with Crippen molar-refractivity contribution in [2.45, 2.75) is 13.2 Å². The highest BCUT2D eigenvalue weighted by Gasteiger charge is 2.03. The molecule has 0 aliphatic carbocycles. The minimum absolute atomic E-state index is 0.213. The molecule has 2 aromatic carbocycles. The smallest absolute Gasteiger partial charge is 0.129 e. The Hall–Kier alpha value is -1.39. The van der Waals surface area contributed by atoms with Crippen LogP contribution in [0.25, 0.3) is 0 Å². The molecule has 0 saturated carbocycles. The Labute approximate surface area is 120 Å². The highest BCUT2D eigenvalue weighted by atomic mass is 79.9. The first-order chi connectivity index (χ1) is 9.19. The molecule has 2 nitrogen and oxygen atoms in total. The standard InChI is InChI=1S/C15H15BrFNO/c1-19-10-11-3-2-4-14(7-11)18-9-12-5-6-13(16)8-15(12)17/h2-8,18H,9-10H2,1H3. The number of anilines is 1. The zero-order valence-corrected chi connectivity index (χ0v) is 12.2. The van der Waals surface area contributed by atoms with Crippen LogP contribution in [0.4, 0.5) is 10.1 Å². The summed E-state index contributed by atoms with van der Waals surface area (Å²) in [6, 6.07) is 13.0. The average molecular weight is 324 g/mol. The molecule has 0 bridgehead atoms. The number of benzene rings is 2. The minimum atomic E-state index is -0.213. The highest BCUT2D eigenvalue weighted by molar-refractivity contribution is 9.10. The second-order valence-electron chi connectivity index (χ2n) is 4.22. The fourth-order valence-corrected chi connectivity index (χ4v) is 2.13. The summed E-state index contributed by atoms with van der Waals surface area (Å²) >= 11 is 3.24. The van der Waals surface area contributed by atoms with Gasteiger partial charge in [-0.2, -0.15) is 0 Å². The Morgan fingerprint density at radius 1 is 1.21 bits per heavy atom. The van der Waals surface area contributed by atoms with Crippen LogP contribution in [0.3, 0.4) is 0 Å². The van der Waals surface area contributed by atoms with Gasteiger partial charge in [-0.1, -0.05) is 34.1 Å². The Kier molecular flexibility index (Phi) is 4.93. The lowest BCUT2D eigenvalue weighted by Gasteiger charge is -2.09. The van der Waals surface area contributed by atoms with E-state index in [1.165, 1.54) is 6.07 Å². The van der Waals surface area contributed by atoms with Gasteiger partial charge in [0.2, 0.25) is 0 Å². The number of ether oxygens (including phenoxy) is 1. The van der Waals surface area contributed by atoms with Gasteiger partial charge >= 0.3 is 0 Å². The monoisotopic (exact) mass is 323 g/mol. The van der Waals surface area contributed by atoms with E-state index in [1.807, 2.05) is 30.3 Å². The van der Waals surface area contributed by atoms with Crippen molar-refractivity contribution < 1.29 is 9.13 Å². The summed E-state index contributed by atoms with van der Waals surface area (Å²) in [5.74, 6) is -0.213. The molecule has 0 aliphatic heterocycles. The van der Waals surface area contributed by atoms with E-state index in [9.17, 15) is 4.39 Å². The van der Waals surface area contributed by atoms with Gasteiger partial charge in [0.05, 0.1) is 6.61 Å². The topological polar surface area (TPSA) is 21.3 Å². The third kappa shape index (κ3) is 4.04. The number of nitrogens with one attached hydrogen (secondary N) is 1. The maximum absolute atomic E-state index is 13.7. The van der Waals surface area contributed by atoms with Gasteiger partial charge in [0.25, 0.3) is 0 Å². The molecular formula is C15H15BrFNO. The zero-order chi connectivity index (χ0) is 13.7. The molecule has 0 spiro atoms. The molecule has 0 radical (unpaired) electrons. The van der Waals surface area contributed by atoms with Crippen LogP contribution in [0.15, 0.2) is 46.9 Å². The average Bonchev–Trinajstić information content (AvgIpc) is 2.38. The van der Waals surface area contributed by atoms with Crippen LogP contribution in [0, 0.1) is 5.82 Å². The maximum atomic E-state index is 13.7. The highest BCUT2D eigenvalue weighted by Crippen LogP contribution is 2.17. The lowest BCUT2D eigenvalue weighted by atomic mass is 10.2. The van der Waals surface area contributed by atoms with Crippen molar-refractivity contribution in [2.75, 3.05) is 12.4 Å². The van der Waals surface area contributed by atoms with Crippen molar-refractivity contribution in [3.8, 4) is 0 Å². The van der Waals surface area contributed by atoms with Gasteiger partial charge in [-0.05, 0) is 29.8 Å². The van der Waals surface area contributed by atoms with Gasteiger partial charge in [-0.3, -0.25) is 0 Å². The first-order valence-electron chi connectivity index (χ1n) is 5.94. The lowest BCUT2D eigenvalue weighted by molar-refractivity contribution is 0.185. The molecule has 19 heavy (non-hydrogen) atoms. The number of methoxy groups -OCH3 is 1. The van der Waals surface area contributed by atoms with Crippen molar-refractivity contribution in [3.63, 3.8) is 0 Å². The van der Waals surface area contributed by atoms with Crippen LogP contribution in [-0.4, -0.2) is 7.11 Å². The number of halogens is 2. The molecule has 0 aromatic heterocycles. The van der Waals surface area contributed by atoms with Gasteiger partial charge < -0.3 is 10.1 Å². The quantitative estimate of drug-likeness (QED) is 0.883. The summed E-state index contributed by atoms with van der Waals surface area (Å²) in [4.78, 5) is 0. The Morgan fingerprint density at radius 2 is 2.05 bits per heavy atom. The summed E-state index contributed by atoms with van der Waals surface area (Å²) < 4.78 is 19.5. The predicted octanol–water partition coefficient (Wildman–Crippen LogP) is 4.35. The minimum Gasteiger partial charge on any atom is -0.381 e. The second kappa shape index (κ2) is 6.68. The van der Waals surface area contributed by atoms with E-state index in [1.54, 1.807) is 13.2 Å². The third-order valence-electron chi connectivity index (χ3n) is 2.74. The van der Waals surface area contributed by atoms with Gasteiger partial charge in [0, 0.05) is 29.4 Å². The van der Waals surface area contributed by atoms with Crippen molar-refractivity contribution in [3.05, 3.63) is 63.9 Å². The summed E-state index contributed by atoms with van der Waals surface area (Å²) in [7, 11) is 1.66. The van der Waals surface area contributed by atoms with E-state index in [0.29, 0.717) is 18.7 Å². The van der Waals surface area contributed by atoms with Crippen molar-refractivity contribution in [2.24, 2.45) is 0 Å². The number of rotatable bonds is 5. The van der Waals surface area contributed by atoms with Crippen LogP contribution in [0.2, 0.25) is 0 Å². The van der Waals surface area contributed by atoms with Crippen LogP contribution in [0.5, 0.6) is 0 Å². The third-order valence-corrected chi connectivity index (χ3v) is 3.23. The molecule has 0 fully saturated rings. The van der Waals surface area contributed by atoms with Crippen molar-refractivity contribution in [1.82, 2.24) is 0 Å². The molecule has 2 rings (SSSR count). The van der Waals surface area contributed by atoms with Crippen molar-refractivity contribution in [1.29, 1.82) is 0 Å². The molecule has 100 valence electrons. The molecule has 0 atom stereocenters. The molecule has 0 amide bonds. The van der Waals surface area contributed by atoms with Crippen molar-refractivity contribution >= 4 is 21.6 Å². The Morgan fingerprint density at radius 3 is 2.79 bits per heavy atom. The summed E-state index contributed by atoms with van der Waals surface area (Å²) in [6.45, 7) is 1.03. The molecular weight excluding hydrogens is 309 g/mol. The number of hydrogen-bond acceptors (Lipinski definition) is 2. The largest absolute Gasteiger partial charge is 0.381 e. The Bertz CT molecular complexity index is 560. The fraction of sp³-hybridized carbons (Fsp3) is 0.200. The van der Waals surface area contributed by atoms with E-state index in [2.05, 4.69) is 21.2 Å². The molecule has 4 heteroatoms. The normalized spacial score (nSPS) is 10.5.